The molecule has 30 heteroatoms. The predicted octanol–water partition coefficient (Wildman–Crippen LogP) is 3.32. The van der Waals surface area contributed by atoms with E-state index in [1.807, 2.05) is 52.2 Å². The van der Waals surface area contributed by atoms with E-state index in [4.69, 9.17) is 18.9 Å². The van der Waals surface area contributed by atoms with Crippen molar-refractivity contribution >= 4 is 132 Å². The van der Waals surface area contributed by atoms with Crippen LogP contribution < -0.4 is 26.0 Å². The number of nitrogens with zero attached hydrogens (tertiary/aromatic N) is 3. The fourth-order valence-corrected chi connectivity index (χ4v) is 14.6. The largest absolute Gasteiger partial charge is 0.507 e. The molecule has 0 aliphatic carbocycles. The lowest BCUT2D eigenvalue weighted by Gasteiger charge is -2.38. The van der Waals surface area contributed by atoms with Crippen molar-refractivity contribution in [3.63, 3.8) is 0 Å². The highest BCUT2D eigenvalue weighted by molar-refractivity contribution is 14.1. The minimum absolute atomic E-state index is 0.00380. The quantitative estimate of drug-likeness (QED) is 0.0362. The highest BCUT2D eigenvalue weighted by atomic mass is 127. The van der Waals surface area contributed by atoms with Gasteiger partial charge in [0.1, 0.15) is 29.5 Å². The normalized spacial score (nSPS) is 25.2. The van der Waals surface area contributed by atoms with Gasteiger partial charge in [0, 0.05) is 90.9 Å². The number of hydrogen-bond acceptors (Lipinski definition) is 23. The van der Waals surface area contributed by atoms with Crippen molar-refractivity contribution in [2.75, 3.05) is 77.4 Å². The van der Waals surface area contributed by atoms with Crippen LogP contribution in [0.5, 0.6) is 23.0 Å². The number of ketones is 1. The van der Waals surface area contributed by atoms with E-state index < -0.39 is 151 Å². The first kappa shape index (κ1) is 75.2. The number of carbonyl (C=O) groups excluding carboxylic acids is 6. The maximum absolute atomic E-state index is 14.4. The van der Waals surface area contributed by atoms with Crippen LogP contribution in [0.25, 0.3) is 10.8 Å². The number of aliphatic hydroxyl groups excluding tert-OH is 7. The first-order valence-electron chi connectivity index (χ1n) is 28.6. The monoisotopic (exact) mass is 1600 g/mol. The number of hydrogen-bond donors (Lipinski definition) is 14. The van der Waals surface area contributed by atoms with Crippen molar-refractivity contribution in [2.24, 2.45) is 28.8 Å². The highest BCUT2D eigenvalue weighted by Crippen LogP contribution is 2.55. The molecule has 7 rings (SSSR count). The molecule has 90 heavy (non-hydrogen) atoms. The minimum atomic E-state index is -2.04. The molecule has 496 valence electrons. The van der Waals surface area contributed by atoms with Gasteiger partial charge in [-0.25, -0.2) is 0 Å². The number of rotatable bonds is 14. The van der Waals surface area contributed by atoms with Crippen molar-refractivity contribution in [1.29, 1.82) is 0 Å². The fourth-order valence-electron chi connectivity index (χ4n) is 10.1. The Kier molecular flexibility index (Phi) is 27.4. The Bertz CT molecular complexity index is 3240. The number of Topliss-reactive ketones (excluding diaryl/α,β-unsaturated/α-hetero) is 1. The Labute approximate surface area is 561 Å². The number of benzene rings is 3. The van der Waals surface area contributed by atoms with Crippen LogP contribution in [-0.2, 0) is 28.6 Å². The number of halogens is 3. The molecule has 4 aliphatic rings. The van der Waals surface area contributed by atoms with Crippen molar-refractivity contribution in [3.05, 3.63) is 74.7 Å². The van der Waals surface area contributed by atoms with Gasteiger partial charge >= 0.3 is 11.8 Å². The van der Waals surface area contributed by atoms with Crippen molar-refractivity contribution in [3.8, 4) is 23.0 Å². The van der Waals surface area contributed by atoms with Gasteiger partial charge in [0.05, 0.1) is 115 Å². The summed E-state index contributed by atoms with van der Waals surface area (Å²) in [4.78, 5) is 80.5. The number of anilines is 2. The summed E-state index contributed by atoms with van der Waals surface area (Å²) >= 11 is 5.41. The lowest BCUT2D eigenvalue weighted by Crippen LogP contribution is -2.46. The van der Waals surface area contributed by atoms with Gasteiger partial charge in [-0.1, -0.05) is 45.9 Å². The number of phenolic OH excluding ortho intramolecular Hbond substituents is 3. The van der Waals surface area contributed by atoms with E-state index in [1.54, 1.807) is 67.4 Å². The Morgan fingerprint density at radius 1 is 0.822 bits per heavy atom. The lowest BCUT2D eigenvalue weighted by molar-refractivity contribution is -0.160. The van der Waals surface area contributed by atoms with E-state index in [2.05, 4.69) is 31.3 Å². The van der Waals surface area contributed by atoms with E-state index in [9.17, 15) is 79.8 Å². The number of ether oxygens (including phenoxy) is 4. The van der Waals surface area contributed by atoms with Gasteiger partial charge in [0.25, 0.3) is 29.4 Å². The average Bonchev–Trinajstić information content (AvgIpc) is 1.45. The molecule has 4 amide bonds. The number of aromatic hydroxyl groups is 3. The molecule has 10 atom stereocenters. The molecule has 0 spiro atoms. The summed E-state index contributed by atoms with van der Waals surface area (Å²) in [5.41, 5.74) is -0.234. The summed E-state index contributed by atoms with van der Waals surface area (Å²) in [5.74, 6) is -10.5. The molecule has 27 nitrogen and oxygen atoms in total. The van der Waals surface area contributed by atoms with Crippen LogP contribution in [0.2, 0.25) is 0 Å². The van der Waals surface area contributed by atoms with Crippen LogP contribution in [0.1, 0.15) is 97.6 Å². The summed E-state index contributed by atoms with van der Waals surface area (Å²) in [7, 11) is 3.42. The van der Waals surface area contributed by atoms with Crippen LogP contribution >= 0.6 is 67.8 Å². The smallest absolute Gasteiger partial charge is 0.312 e. The second-order valence-electron chi connectivity index (χ2n) is 22.4. The predicted molar refractivity (Wildman–Crippen MR) is 356 cm³/mol. The van der Waals surface area contributed by atoms with Gasteiger partial charge in [-0.15, -0.1) is 0 Å². The molecule has 4 aliphatic heterocycles. The van der Waals surface area contributed by atoms with Crippen LogP contribution in [0.15, 0.2) is 41.2 Å². The third kappa shape index (κ3) is 17.0. The Hall–Kier alpha value is -5.54. The van der Waals surface area contributed by atoms with E-state index >= 15 is 0 Å². The molecule has 0 unspecified atom stereocenters. The van der Waals surface area contributed by atoms with Crippen LogP contribution in [0.3, 0.4) is 0 Å². The lowest BCUT2D eigenvalue weighted by atomic mass is 9.78. The fraction of sp³-hybridized carbons (Fsp3) is 0.517. The standard InChI is InChI=1S/C43H58N4O12.C17H22I3N3O8/c1-21-12-11-13-22(2)42(55)45-33-28(20-44-47-17-15-46(9)16-18-47)37(52)30-31(38(33)53)36(51)26(6)40-32(30)41(54)43(8,59-40)57-19-14-29(56-10)23(3)39(58-27(7)48)25(5)35(50)24(4)34(21)49;1-6(28)15(29)23-14-12(19)9(16(30)21-7(2-24)3-25)11(18)10(13(14)20)17(31)22-8(4-26)5-27/h11-14,19-21,23-25,29,34-35,39,49-53H,15-18H2,1-10H3,(H,45,55);6-8,24-28H,2-5H2,1H3,(H,21,30)(H,22,31)(H,23,29)/b12-11+,19-14+,22-13-,44-20+;/t21-,23+,24+,25+,29-,34-,35+,39+,43-;6-/m00/s1. The van der Waals surface area contributed by atoms with E-state index in [0.29, 0.717) is 13.1 Å². The second-order valence-corrected chi connectivity index (χ2v) is 25.7. The van der Waals surface area contributed by atoms with Crippen LogP contribution in [0.4, 0.5) is 11.4 Å². The third-order valence-corrected chi connectivity index (χ3v) is 19.1. The first-order valence-corrected chi connectivity index (χ1v) is 31.8. The number of carbonyl (C=O) groups is 6. The highest BCUT2D eigenvalue weighted by Gasteiger charge is 2.50. The molecule has 5 bridgehead atoms. The van der Waals surface area contributed by atoms with E-state index in [-0.39, 0.29) is 72.0 Å². The number of piperazine rings is 1. The summed E-state index contributed by atoms with van der Waals surface area (Å²) in [6, 6.07) is -1.89. The number of phenols is 3. The van der Waals surface area contributed by atoms with Gasteiger partial charge in [-0.05, 0) is 102 Å². The van der Waals surface area contributed by atoms with Gasteiger partial charge in [0.2, 0.25) is 0 Å². The number of allylic oxidation sites excluding steroid dienone is 2. The van der Waals surface area contributed by atoms with Gasteiger partial charge in [0.15, 0.2) is 5.75 Å². The zero-order chi connectivity index (χ0) is 67.5. The van der Waals surface area contributed by atoms with Gasteiger partial charge in [-0.2, -0.15) is 5.10 Å². The third-order valence-electron chi connectivity index (χ3n) is 15.8. The number of amides is 4. The Morgan fingerprint density at radius 3 is 1.89 bits per heavy atom. The molecule has 4 heterocycles. The van der Waals surface area contributed by atoms with Gasteiger partial charge < -0.3 is 96.2 Å². The second kappa shape index (κ2) is 32.8. The van der Waals surface area contributed by atoms with E-state index in [0.717, 1.165) is 13.1 Å². The molecule has 3 aromatic rings. The number of likely N-dealkylation sites (N-methyl/N-ethyl adjacent to an activating group) is 1. The number of nitrogens with one attached hydrogen (secondary N) is 4. The molecular weight excluding hydrogens is 1520 g/mol. The van der Waals surface area contributed by atoms with E-state index in [1.165, 1.54) is 66.4 Å². The summed E-state index contributed by atoms with van der Waals surface area (Å²) in [6.45, 7) is 14.3. The maximum atomic E-state index is 14.4. The molecular formula is C60H80I3N7O20. The molecule has 3 aromatic carbocycles. The molecule has 0 aromatic heterocycles. The maximum Gasteiger partial charge on any atom is 0.312 e. The summed E-state index contributed by atoms with van der Waals surface area (Å²) in [6.07, 6.45) is 3.50. The Balaban J connectivity index is 0.000000401. The number of aliphatic hydroxyl groups is 7. The molecule has 14 N–H and O–H groups in total. The van der Waals surface area contributed by atoms with Crippen LogP contribution in [-0.4, -0.2) is 218 Å². The number of fused-ring (bicyclic) bond motifs is 14. The van der Waals surface area contributed by atoms with Crippen molar-refractivity contribution in [1.82, 2.24) is 20.5 Å². The molecule has 1 saturated heterocycles. The van der Waals surface area contributed by atoms with Crippen molar-refractivity contribution < 1.29 is 98.8 Å². The average molecular weight is 1600 g/mol. The SMILES string of the molecule is CO[C@H]1/C=C/O[C@@]2(C)Oc3c(C)c(O)c4c(O)c(c(/C=N/N5CCN(C)CC5)c(O)c4c3C2=O)NC(=O)/C(C)=C\C=C\[C@H](C)[C@H](O)[C@@H](C)[C@@H](O)[C@@H](C)[C@H](OC(C)=O)[C@@H]1C.C[C@H](O)C(=O)Nc1c(I)c(C(=O)NC(CO)CO)c(I)c(C(=O)NC(CO)CO)c1I. The molecule has 0 radical (unpaired) electrons. The minimum Gasteiger partial charge on any atom is -0.507 e. The summed E-state index contributed by atoms with van der Waals surface area (Å²) < 4.78 is 24.3. The Morgan fingerprint density at radius 2 is 1.38 bits per heavy atom. The van der Waals surface area contributed by atoms with Gasteiger partial charge in [-0.3, -0.25) is 33.8 Å². The van der Waals surface area contributed by atoms with Crippen molar-refractivity contribution in [2.45, 2.75) is 111 Å². The number of esters is 1. The topological polar surface area (TPSA) is 409 Å². The number of methoxy groups -OCH3 is 1. The number of hydrazone groups is 1. The molecule has 0 saturated carbocycles. The zero-order valence-corrected chi connectivity index (χ0v) is 58.0. The van der Waals surface area contributed by atoms with Crippen LogP contribution in [0, 0.1) is 41.3 Å². The molecule has 1 fully saturated rings. The zero-order valence-electron chi connectivity index (χ0n) is 51.5. The first-order chi connectivity index (χ1) is 42.3. The summed E-state index contributed by atoms with van der Waals surface area (Å²) in [5, 5.41) is 121.